The second-order valence-electron chi connectivity index (χ2n) is 3.00. The summed E-state index contributed by atoms with van der Waals surface area (Å²) in [7, 11) is 0. The van der Waals surface area contributed by atoms with E-state index in [-0.39, 0.29) is 12.2 Å². The van der Waals surface area contributed by atoms with Crippen molar-refractivity contribution in [3.63, 3.8) is 0 Å². The topological polar surface area (TPSA) is 32.3 Å². The summed E-state index contributed by atoms with van der Waals surface area (Å²) in [6.45, 7) is 1.05. The van der Waals surface area contributed by atoms with Crippen LogP contribution in [0.25, 0.3) is 6.08 Å². The Morgan fingerprint density at radius 3 is 2.87 bits per heavy atom. The lowest BCUT2D eigenvalue weighted by Gasteiger charge is -1.98. The maximum absolute atomic E-state index is 13.1. The Kier molecular flexibility index (Phi) is 4.93. The van der Waals surface area contributed by atoms with E-state index in [9.17, 15) is 8.78 Å². The molecule has 0 unspecified atom stereocenters. The molecular formula is C11H13F2NO. The van der Waals surface area contributed by atoms with Crippen LogP contribution >= 0.6 is 0 Å². The number of aliphatic hydroxyl groups excluding tert-OH is 1. The van der Waals surface area contributed by atoms with Gasteiger partial charge in [-0.25, -0.2) is 8.78 Å². The largest absolute Gasteiger partial charge is 0.395 e. The molecule has 2 N–H and O–H groups in total. The maximum Gasteiger partial charge on any atom is 0.130 e. The van der Waals surface area contributed by atoms with Gasteiger partial charge in [0.2, 0.25) is 0 Å². The van der Waals surface area contributed by atoms with Crippen LogP contribution in [0.5, 0.6) is 0 Å². The number of halogens is 2. The van der Waals surface area contributed by atoms with E-state index < -0.39 is 11.6 Å². The van der Waals surface area contributed by atoms with E-state index in [0.29, 0.717) is 13.1 Å². The highest BCUT2D eigenvalue weighted by atomic mass is 19.1. The summed E-state index contributed by atoms with van der Waals surface area (Å²) < 4.78 is 25.8. The number of nitrogens with one attached hydrogen (secondary N) is 1. The summed E-state index contributed by atoms with van der Waals surface area (Å²) in [6, 6.07) is 3.31. The standard InChI is InChI=1S/C11H13F2NO/c12-10-3-4-11(13)9(8-10)2-1-5-14-6-7-15/h1-4,8,14-15H,5-7H2/b2-1+. The third-order valence-corrected chi connectivity index (χ3v) is 1.81. The van der Waals surface area contributed by atoms with Crippen LogP contribution in [0.15, 0.2) is 24.3 Å². The average Bonchev–Trinajstić information content (AvgIpc) is 2.23. The zero-order valence-electron chi connectivity index (χ0n) is 8.21. The highest BCUT2D eigenvalue weighted by molar-refractivity contribution is 5.50. The van der Waals surface area contributed by atoms with E-state index in [0.717, 1.165) is 18.2 Å². The molecule has 1 rings (SSSR count). The molecule has 1 aromatic carbocycles. The van der Waals surface area contributed by atoms with Gasteiger partial charge in [0.25, 0.3) is 0 Å². The molecule has 0 radical (unpaired) electrons. The third-order valence-electron chi connectivity index (χ3n) is 1.81. The van der Waals surface area contributed by atoms with Crippen molar-refractivity contribution >= 4 is 6.08 Å². The van der Waals surface area contributed by atoms with Crippen LogP contribution in [0.3, 0.4) is 0 Å². The molecule has 4 heteroatoms. The van der Waals surface area contributed by atoms with Crippen molar-refractivity contribution in [3.8, 4) is 0 Å². The Balaban J connectivity index is 2.52. The first-order valence-electron chi connectivity index (χ1n) is 4.67. The van der Waals surface area contributed by atoms with Gasteiger partial charge in [0.15, 0.2) is 0 Å². The predicted molar refractivity (Wildman–Crippen MR) is 55.3 cm³/mol. The Labute approximate surface area is 87.2 Å². The minimum absolute atomic E-state index is 0.0577. The van der Waals surface area contributed by atoms with Crippen molar-refractivity contribution in [3.05, 3.63) is 41.5 Å². The summed E-state index contributed by atoms with van der Waals surface area (Å²) in [5.41, 5.74) is 0.223. The number of aliphatic hydroxyl groups is 1. The van der Waals surface area contributed by atoms with Crippen LogP contribution in [0, 0.1) is 11.6 Å². The minimum Gasteiger partial charge on any atom is -0.395 e. The second kappa shape index (κ2) is 6.27. The second-order valence-corrected chi connectivity index (χ2v) is 3.00. The first-order chi connectivity index (χ1) is 7.24. The molecule has 15 heavy (non-hydrogen) atoms. The van der Waals surface area contributed by atoms with Gasteiger partial charge in [-0.2, -0.15) is 0 Å². The van der Waals surface area contributed by atoms with E-state index in [1.807, 2.05) is 0 Å². The Hall–Kier alpha value is -1.26. The van der Waals surface area contributed by atoms with E-state index in [1.165, 1.54) is 6.08 Å². The summed E-state index contributed by atoms with van der Waals surface area (Å²) in [5.74, 6) is -0.908. The molecule has 0 heterocycles. The number of benzene rings is 1. The van der Waals surface area contributed by atoms with Crippen LogP contribution in [0.2, 0.25) is 0 Å². The molecule has 0 aliphatic rings. The average molecular weight is 213 g/mol. The molecule has 1 aromatic rings. The molecule has 0 aliphatic heterocycles. The van der Waals surface area contributed by atoms with Gasteiger partial charge < -0.3 is 10.4 Å². The van der Waals surface area contributed by atoms with Gasteiger partial charge in [-0.3, -0.25) is 0 Å². The highest BCUT2D eigenvalue weighted by Crippen LogP contribution is 2.10. The molecule has 0 aliphatic carbocycles. The van der Waals surface area contributed by atoms with Crippen LogP contribution in [0.4, 0.5) is 8.78 Å². The van der Waals surface area contributed by atoms with Crippen LogP contribution in [-0.2, 0) is 0 Å². The van der Waals surface area contributed by atoms with Gasteiger partial charge in [-0.15, -0.1) is 0 Å². The van der Waals surface area contributed by atoms with Crippen LogP contribution in [-0.4, -0.2) is 24.8 Å². The van der Waals surface area contributed by atoms with Gasteiger partial charge >= 0.3 is 0 Å². The van der Waals surface area contributed by atoms with E-state index in [1.54, 1.807) is 6.08 Å². The van der Waals surface area contributed by atoms with Gasteiger partial charge in [0, 0.05) is 18.7 Å². The lowest BCUT2D eigenvalue weighted by molar-refractivity contribution is 0.294. The van der Waals surface area contributed by atoms with E-state index in [4.69, 9.17) is 5.11 Å². The Morgan fingerprint density at radius 1 is 1.33 bits per heavy atom. The SMILES string of the molecule is OCCNC/C=C/c1cc(F)ccc1F. The normalized spacial score (nSPS) is 11.1. The smallest absolute Gasteiger partial charge is 0.130 e. The van der Waals surface area contributed by atoms with Crippen LogP contribution in [0.1, 0.15) is 5.56 Å². The number of hydrogen-bond donors (Lipinski definition) is 2. The fourth-order valence-electron chi connectivity index (χ4n) is 1.09. The minimum atomic E-state index is -0.459. The summed E-state index contributed by atoms with van der Waals surface area (Å²) in [5, 5.41) is 11.4. The number of hydrogen-bond acceptors (Lipinski definition) is 2. The molecular weight excluding hydrogens is 200 g/mol. The zero-order chi connectivity index (χ0) is 11.1. The van der Waals surface area contributed by atoms with Crippen molar-refractivity contribution in [1.29, 1.82) is 0 Å². The molecule has 82 valence electrons. The van der Waals surface area contributed by atoms with Gasteiger partial charge in [0.1, 0.15) is 11.6 Å². The molecule has 0 bridgehead atoms. The third kappa shape index (κ3) is 4.18. The monoisotopic (exact) mass is 213 g/mol. The fraction of sp³-hybridized carbons (Fsp3) is 0.273. The quantitative estimate of drug-likeness (QED) is 0.727. The molecule has 0 spiro atoms. The molecule has 0 amide bonds. The molecule has 0 saturated heterocycles. The van der Waals surface area contributed by atoms with Crippen molar-refractivity contribution in [2.75, 3.05) is 19.7 Å². The highest BCUT2D eigenvalue weighted by Gasteiger charge is 1.98. The predicted octanol–water partition coefficient (Wildman–Crippen LogP) is 1.56. The van der Waals surface area contributed by atoms with Crippen LogP contribution < -0.4 is 5.32 Å². The zero-order valence-corrected chi connectivity index (χ0v) is 8.21. The van der Waals surface area contributed by atoms with Gasteiger partial charge in [-0.1, -0.05) is 12.2 Å². The lowest BCUT2D eigenvalue weighted by atomic mass is 10.2. The number of rotatable bonds is 5. The first kappa shape index (κ1) is 11.8. The molecule has 0 aromatic heterocycles. The molecule has 2 nitrogen and oxygen atoms in total. The Bertz CT molecular complexity index is 339. The molecule has 0 fully saturated rings. The first-order valence-corrected chi connectivity index (χ1v) is 4.67. The van der Waals surface area contributed by atoms with Crippen molar-refractivity contribution in [2.45, 2.75) is 0 Å². The summed E-state index contributed by atoms with van der Waals surface area (Å²) >= 11 is 0. The fourth-order valence-corrected chi connectivity index (χ4v) is 1.09. The summed E-state index contributed by atoms with van der Waals surface area (Å²) in [6.07, 6.45) is 3.18. The summed E-state index contributed by atoms with van der Waals surface area (Å²) in [4.78, 5) is 0. The van der Waals surface area contributed by atoms with Gasteiger partial charge in [0.05, 0.1) is 6.61 Å². The van der Waals surface area contributed by atoms with E-state index in [2.05, 4.69) is 5.32 Å². The van der Waals surface area contributed by atoms with Crippen molar-refractivity contribution in [1.82, 2.24) is 5.32 Å². The van der Waals surface area contributed by atoms with Crippen molar-refractivity contribution < 1.29 is 13.9 Å². The van der Waals surface area contributed by atoms with E-state index >= 15 is 0 Å². The lowest BCUT2D eigenvalue weighted by Crippen LogP contribution is -2.17. The molecule has 0 atom stereocenters. The maximum atomic E-state index is 13.1. The van der Waals surface area contributed by atoms with Gasteiger partial charge in [-0.05, 0) is 18.2 Å². The Morgan fingerprint density at radius 2 is 2.13 bits per heavy atom. The van der Waals surface area contributed by atoms with Crippen molar-refractivity contribution in [2.24, 2.45) is 0 Å². The molecule has 0 saturated carbocycles.